The van der Waals surface area contributed by atoms with E-state index in [9.17, 15) is 5.11 Å². The van der Waals surface area contributed by atoms with Gasteiger partial charge in [-0.1, -0.05) is 18.0 Å². The van der Waals surface area contributed by atoms with E-state index in [4.69, 9.17) is 13.0 Å². The minimum Gasteiger partial charge on any atom is -0.396 e. The summed E-state index contributed by atoms with van der Waals surface area (Å²) in [5.41, 5.74) is 0. The number of rotatable bonds is 1. The van der Waals surface area contributed by atoms with E-state index in [2.05, 4.69) is 0 Å². The van der Waals surface area contributed by atoms with Crippen molar-refractivity contribution >= 4 is 7.85 Å². The normalized spacial score (nSPS) is 38.5. The van der Waals surface area contributed by atoms with Gasteiger partial charge in [-0.25, -0.2) is 0 Å². The fourth-order valence-corrected chi connectivity index (χ4v) is 1.33. The van der Waals surface area contributed by atoms with Crippen LogP contribution in [0, 0.1) is 5.92 Å². The molecule has 0 aliphatic heterocycles. The van der Waals surface area contributed by atoms with Crippen molar-refractivity contribution in [2.75, 3.05) is 6.61 Å². The lowest BCUT2D eigenvalue weighted by Gasteiger charge is -2.18. The summed E-state index contributed by atoms with van der Waals surface area (Å²) < 4.78 is 0. The summed E-state index contributed by atoms with van der Waals surface area (Å²) in [6, 6.07) is 0. The predicted octanol–water partition coefficient (Wildman–Crippen LogP) is 0.263. The quantitative estimate of drug-likeness (QED) is 0.418. The van der Waals surface area contributed by atoms with Gasteiger partial charge < -0.3 is 10.2 Å². The molecule has 2 nitrogen and oxygen atoms in total. The van der Waals surface area contributed by atoms with Crippen molar-refractivity contribution in [1.82, 2.24) is 0 Å². The van der Waals surface area contributed by atoms with Gasteiger partial charge in [0.2, 0.25) is 0 Å². The Bertz CT molecular complexity index is 147. The zero-order chi connectivity index (χ0) is 8.27. The monoisotopic (exact) mass is 152 g/mol. The van der Waals surface area contributed by atoms with Crippen LogP contribution in [0.3, 0.4) is 0 Å². The van der Waals surface area contributed by atoms with E-state index in [0.29, 0.717) is 6.42 Å². The zero-order valence-corrected chi connectivity index (χ0v) is 6.48. The lowest BCUT2D eigenvalue weighted by molar-refractivity contribution is 0.0656. The third kappa shape index (κ3) is 2.35. The molecule has 0 spiro atoms. The van der Waals surface area contributed by atoms with E-state index in [0.717, 1.165) is 6.42 Å². The molecule has 0 saturated heterocycles. The van der Waals surface area contributed by atoms with Crippen LogP contribution in [0.5, 0.6) is 0 Å². The summed E-state index contributed by atoms with van der Waals surface area (Å²) in [6.45, 7) is 0.0399. The molecule has 3 atom stereocenters. The molecule has 2 radical (unpaired) electrons. The molecule has 2 N–H and O–H groups in total. The van der Waals surface area contributed by atoms with Crippen molar-refractivity contribution in [3.8, 4) is 0 Å². The lowest BCUT2D eigenvalue weighted by atomic mass is 9.82. The van der Waals surface area contributed by atoms with Crippen LogP contribution in [0.4, 0.5) is 0 Å². The van der Waals surface area contributed by atoms with E-state index in [1.807, 2.05) is 12.2 Å². The summed E-state index contributed by atoms with van der Waals surface area (Å²) in [7, 11) is 5.61. The van der Waals surface area contributed by atoms with E-state index in [1.54, 1.807) is 0 Å². The highest BCUT2D eigenvalue weighted by Crippen LogP contribution is 2.23. The van der Waals surface area contributed by atoms with Gasteiger partial charge in [-0.3, -0.25) is 0 Å². The van der Waals surface area contributed by atoms with Crippen molar-refractivity contribution < 1.29 is 10.2 Å². The van der Waals surface area contributed by atoms with Crippen LogP contribution in [0.15, 0.2) is 12.2 Å². The van der Waals surface area contributed by atoms with Crippen molar-refractivity contribution in [2.45, 2.75) is 24.8 Å². The molecular formula is C8H13BO2. The molecule has 60 valence electrons. The van der Waals surface area contributed by atoms with E-state index in [1.165, 1.54) is 0 Å². The van der Waals surface area contributed by atoms with Crippen LogP contribution < -0.4 is 0 Å². The molecule has 1 aliphatic rings. The second kappa shape index (κ2) is 3.93. The number of aliphatic hydroxyl groups is 2. The highest BCUT2D eigenvalue weighted by atomic mass is 16.3. The van der Waals surface area contributed by atoms with Gasteiger partial charge in [0, 0.05) is 12.5 Å². The molecule has 1 rings (SSSR count). The Hall–Kier alpha value is -0.275. The number of hydrogen-bond donors (Lipinski definition) is 2. The van der Waals surface area contributed by atoms with Gasteiger partial charge in [-0.2, -0.15) is 0 Å². The molecule has 0 amide bonds. The fraction of sp³-hybridized carbons (Fsp3) is 0.750. The SMILES string of the molecule is [B]C1C=CCC(CO)C(O)C1. The first-order valence-electron chi connectivity index (χ1n) is 3.95. The summed E-state index contributed by atoms with van der Waals surface area (Å²) in [4.78, 5) is 0. The van der Waals surface area contributed by atoms with Gasteiger partial charge >= 0.3 is 0 Å². The van der Waals surface area contributed by atoms with Crippen LogP contribution in [0.2, 0.25) is 5.82 Å². The Kier molecular flexibility index (Phi) is 3.15. The first kappa shape index (κ1) is 8.82. The number of hydrogen-bond acceptors (Lipinski definition) is 2. The van der Waals surface area contributed by atoms with Gasteiger partial charge in [0.05, 0.1) is 14.0 Å². The van der Waals surface area contributed by atoms with Crippen LogP contribution in [0.1, 0.15) is 12.8 Å². The molecule has 0 bridgehead atoms. The summed E-state index contributed by atoms with van der Waals surface area (Å²) in [5, 5.41) is 18.3. The maximum absolute atomic E-state index is 9.44. The van der Waals surface area contributed by atoms with E-state index < -0.39 is 6.10 Å². The standard InChI is InChI=1S/C8H13BO2/c9-7-3-1-2-6(5-10)8(11)4-7/h1,3,6-8,10-11H,2,4-5H2. The fourth-order valence-electron chi connectivity index (χ4n) is 1.33. The summed E-state index contributed by atoms with van der Waals surface area (Å²) in [5.74, 6) is -0.0821. The highest BCUT2D eigenvalue weighted by molar-refractivity contribution is 6.12. The Morgan fingerprint density at radius 1 is 1.55 bits per heavy atom. The average Bonchev–Trinajstić information content (AvgIpc) is 2.11. The molecular weight excluding hydrogens is 139 g/mol. The van der Waals surface area contributed by atoms with Gasteiger partial charge in [0.1, 0.15) is 0 Å². The Morgan fingerprint density at radius 3 is 2.91 bits per heavy atom. The maximum Gasteiger partial charge on any atom is 0.0756 e. The Labute approximate surface area is 68.3 Å². The average molecular weight is 152 g/mol. The lowest BCUT2D eigenvalue weighted by Crippen LogP contribution is -2.23. The largest absolute Gasteiger partial charge is 0.396 e. The predicted molar refractivity (Wildman–Crippen MR) is 44.5 cm³/mol. The minimum absolute atomic E-state index is 0.0280. The van der Waals surface area contributed by atoms with Crippen molar-refractivity contribution in [2.24, 2.45) is 5.92 Å². The maximum atomic E-state index is 9.44. The van der Waals surface area contributed by atoms with Gasteiger partial charge in [-0.05, 0) is 12.8 Å². The molecule has 3 heteroatoms. The third-order valence-corrected chi connectivity index (χ3v) is 2.11. The number of allylic oxidation sites excluding steroid dienone is 2. The Balaban J connectivity index is 2.52. The topological polar surface area (TPSA) is 40.5 Å². The molecule has 0 aromatic carbocycles. The molecule has 3 unspecified atom stereocenters. The summed E-state index contributed by atoms with van der Waals surface area (Å²) in [6.07, 6.45) is 4.65. The smallest absolute Gasteiger partial charge is 0.0756 e. The van der Waals surface area contributed by atoms with Crippen LogP contribution in [0.25, 0.3) is 0 Å². The van der Waals surface area contributed by atoms with E-state index >= 15 is 0 Å². The summed E-state index contributed by atoms with van der Waals surface area (Å²) >= 11 is 0. The molecule has 0 heterocycles. The molecule has 1 aliphatic carbocycles. The van der Waals surface area contributed by atoms with Gasteiger partial charge in [0.25, 0.3) is 0 Å². The number of aliphatic hydroxyl groups excluding tert-OH is 2. The van der Waals surface area contributed by atoms with Crippen LogP contribution >= 0.6 is 0 Å². The minimum atomic E-state index is -0.454. The first-order valence-corrected chi connectivity index (χ1v) is 3.95. The van der Waals surface area contributed by atoms with Crippen molar-refractivity contribution in [3.63, 3.8) is 0 Å². The molecule has 0 aromatic rings. The van der Waals surface area contributed by atoms with Gasteiger partial charge in [-0.15, -0.1) is 0 Å². The van der Waals surface area contributed by atoms with Crippen molar-refractivity contribution in [1.29, 1.82) is 0 Å². The van der Waals surface area contributed by atoms with E-state index in [-0.39, 0.29) is 18.3 Å². The molecule has 0 fully saturated rings. The molecule has 0 saturated carbocycles. The second-order valence-corrected chi connectivity index (χ2v) is 3.07. The Morgan fingerprint density at radius 2 is 2.27 bits per heavy atom. The molecule has 0 aromatic heterocycles. The third-order valence-electron chi connectivity index (χ3n) is 2.11. The van der Waals surface area contributed by atoms with Crippen LogP contribution in [-0.4, -0.2) is 30.8 Å². The highest BCUT2D eigenvalue weighted by Gasteiger charge is 2.20. The van der Waals surface area contributed by atoms with Gasteiger partial charge in [0.15, 0.2) is 0 Å². The van der Waals surface area contributed by atoms with Crippen LogP contribution in [-0.2, 0) is 0 Å². The zero-order valence-electron chi connectivity index (χ0n) is 6.48. The van der Waals surface area contributed by atoms with Crippen molar-refractivity contribution in [3.05, 3.63) is 12.2 Å². The first-order chi connectivity index (χ1) is 5.24. The molecule has 11 heavy (non-hydrogen) atoms. The second-order valence-electron chi connectivity index (χ2n) is 3.07.